The normalized spacial score (nSPS) is 14.3. The minimum atomic E-state index is 0.651. The summed E-state index contributed by atoms with van der Waals surface area (Å²) in [5.74, 6) is 0. The highest BCUT2D eigenvalue weighted by Crippen LogP contribution is 2.19. The van der Waals surface area contributed by atoms with Gasteiger partial charge in [-0.05, 0) is 41.7 Å². The molecule has 0 radical (unpaired) electrons. The predicted molar refractivity (Wildman–Crippen MR) is 88.9 cm³/mol. The van der Waals surface area contributed by atoms with Crippen molar-refractivity contribution in [3.63, 3.8) is 0 Å². The van der Waals surface area contributed by atoms with Gasteiger partial charge < -0.3 is 10.1 Å². The first-order valence-electron chi connectivity index (χ1n) is 7.43. The van der Waals surface area contributed by atoms with Gasteiger partial charge in [0.25, 0.3) is 0 Å². The van der Waals surface area contributed by atoms with E-state index >= 15 is 0 Å². The molecule has 1 saturated carbocycles. The molecule has 1 fully saturated rings. The maximum Gasteiger partial charge on any atom is 0.0721 e. The van der Waals surface area contributed by atoms with Crippen molar-refractivity contribution in [1.29, 1.82) is 0 Å². The molecular weight excluding hydrogens is 326 g/mol. The quantitative estimate of drug-likeness (QED) is 0.801. The van der Waals surface area contributed by atoms with Gasteiger partial charge >= 0.3 is 0 Å². The molecular formula is C18H20BrNO. The molecule has 1 N–H and O–H groups in total. The average molecular weight is 346 g/mol. The van der Waals surface area contributed by atoms with Crippen molar-refractivity contribution in [2.75, 3.05) is 0 Å². The third kappa shape index (κ3) is 4.95. The van der Waals surface area contributed by atoms with Crippen LogP contribution in [0.25, 0.3) is 0 Å². The Kier molecular flexibility index (Phi) is 5.07. The second kappa shape index (κ2) is 7.21. The monoisotopic (exact) mass is 345 g/mol. The van der Waals surface area contributed by atoms with Gasteiger partial charge in [-0.2, -0.15) is 0 Å². The van der Waals surface area contributed by atoms with Gasteiger partial charge in [-0.25, -0.2) is 0 Å². The van der Waals surface area contributed by atoms with Crippen molar-refractivity contribution in [2.24, 2.45) is 0 Å². The van der Waals surface area contributed by atoms with Crippen LogP contribution in [-0.2, 0) is 24.5 Å². The molecule has 0 amide bonds. The second-order valence-corrected chi connectivity index (χ2v) is 6.51. The fourth-order valence-corrected chi connectivity index (χ4v) is 2.51. The SMILES string of the molecule is Brc1ccc(COCc2cccc(CNC3CC3)c2)cc1. The largest absolute Gasteiger partial charge is 0.372 e. The molecule has 2 nitrogen and oxygen atoms in total. The summed E-state index contributed by atoms with van der Waals surface area (Å²) in [7, 11) is 0. The Morgan fingerprint density at radius 1 is 0.952 bits per heavy atom. The van der Waals surface area contributed by atoms with E-state index in [4.69, 9.17) is 4.74 Å². The van der Waals surface area contributed by atoms with Crippen molar-refractivity contribution in [1.82, 2.24) is 5.32 Å². The fourth-order valence-electron chi connectivity index (χ4n) is 2.25. The number of hydrogen-bond donors (Lipinski definition) is 1. The van der Waals surface area contributed by atoms with Crippen molar-refractivity contribution in [3.05, 3.63) is 69.7 Å². The summed E-state index contributed by atoms with van der Waals surface area (Å²) in [6, 6.07) is 17.7. The summed E-state index contributed by atoms with van der Waals surface area (Å²) in [6.45, 7) is 2.27. The minimum Gasteiger partial charge on any atom is -0.372 e. The van der Waals surface area contributed by atoms with Crippen LogP contribution in [0.1, 0.15) is 29.5 Å². The van der Waals surface area contributed by atoms with E-state index < -0.39 is 0 Å². The van der Waals surface area contributed by atoms with Crippen LogP contribution in [-0.4, -0.2) is 6.04 Å². The Morgan fingerprint density at radius 2 is 1.67 bits per heavy atom. The number of benzene rings is 2. The Morgan fingerprint density at radius 3 is 2.43 bits per heavy atom. The minimum absolute atomic E-state index is 0.651. The van der Waals surface area contributed by atoms with Gasteiger partial charge in [-0.3, -0.25) is 0 Å². The first-order chi connectivity index (χ1) is 10.3. The van der Waals surface area contributed by atoms with Crippen LogP contribution in [0.3, 0.4) is 0 Å². The summed E-state index contributed by atoms with van der Waals surface area (Å²) in [6.07, 6.45) is 2.66. The number of ether oxygens (including phenoxy) is 1. The summed E-state index contributed by atoms with van der Waals surface area (Å²) < 4.78 is 6.90. The molecule has 1 aliphatic carbocycles. The molecule has 0 aliphatic heterocycles. The van der Waals surface area contributed by atoms with Crippen molar-refractivity contribution >= 4 is 15.9 Å². The lowest BCUT2D eigenvalue weighted by Crippen LogP contribution is -2.15. The predicted octanol–water partition coefficient (Wildman–Crippen LogP) is 4.42. The number of nitrogens with one attached hydrogen (secondary N) is 1. The molecule has 2 aromatic carbocycles. The summed E-state index contributed by atoms with van der Waals surface area (Å²) >= 11 is 3.44. The molecule has 0 bridgehead atoms. The third-order valence-electron chi connectivity index (χ3n) is 3.61. The molecule has 21 heavy (non-hydrogen) atoms. The van der Waals surface area contributed by atoms with Crippen LogP contribution in [0.2, 0.25) is 0 Å². The van der Waals surface area contributed by atoms with Gasteiger partial charge in [0.1, 0.15) is 0 Å². The van der Waals surface area contributed by atoms with Crippen LogP contribution >= 0.6 is 15.9 Å². The first kappa shape index (κ1) is 14.8. The van der Waals surface area contributed by atoms with E-state index in [1.165, 1.54) is 29.5 Å². The molecule has 2 aromatic rings. The van der Waals surface area contributed by atoms with Crippen molar-refractivity contribution < 1.29 is 4.74 Å². The zero-order valence-corrected chi connectivity index (χ0v) is 13.6. The van der Waals surface area contributed by atoms with Gasteiger partial charge in [0, 0.05) is 17.1 Å². The zero-order valence-electron chi connectivity index (χ0n) is 12.0. The van der Waals surface area contributed by atoms with Crippen LogP contribution in [0.4, 0.5) is 0 Å². The molecule has 110 valence electrons. The highest BCUT2D eigenvalue weighted by Gasteiger charge is 2.19. The van der Waals surface area contributed by atoms with Crippen LogP contribution in [0.5, 0.6) is 0 Å². The van der Waals surface area contributed by atoms with Crippen LogP contribution in [0, 0.1) is 0 Å². The van der Waals surface area contributed by atoms with E-state index in [1.807, 2.05) is 12.1 Å². The van der Waals surface area contributed by atoms with Crippen molar-refractivity contribution in [3.8, 4) is 0 Å². The van der Waals surface area contributed by atoms with E-state index in [0.717, 1.165) is 17.1 Å². The molecule has 0 saturated heterocycles. The number of halogens is 1. The van der Waals surface area contributed by atoms with E-state index in [9.17, 15) is 0 Å². The average Bonchev–Trinajstić information content (AvgIpc) is 3.32. The van der Waals surface area contributed by atoms with E-state index in [2.05, 4.69) is 57.6 Å². The molecule has 3 rings (SSSR count). The summed E-state index contributed by atoms with van der Waals surface area (Å²) in [5, 5.41) is 3.54. The highest BCUT2D eigenvalue weighted by atomic mass is 79.9. The van der Waals surface area contributed by atoms with Gasteiger partial charge in [0.15, 0.2) is 0 Å². The lowest BCUT2D eigenvalue weighted by Gasteiger charge is -2.08. The van der Waals surface area contributed by atoms with E-state index in [0.29, 0.717) is 13.2 Å². The number of rotatable bonds is 7. The van der Waals surface area contributed by atoms with Crippen molar-refractivity contribution in [2.45, 2.75) is 38.6 Å². The second-order valence-electron chi connectivity index (χ2n) is 5.59. The lowest BCUT2D eigenvalue weighted by molar-refractivity contribution is 0.107. The Labute approximate surface area is 134 Å². The van der Waals surface area contributed by atoms with E-state index in [1.54, 1.807) is 0 Å². The Bertz CT molecular complexity index is 578. The molecule has 0 unspecified atom stereocenters. The first-order valence-corrected chi connectivity index (χ1v) is 8.22. The maximum absolute atomic E-state index is 5.80. The van der Waals surface area contributed by atoms with Crippen LogP contribution < -0.4 is 5.32 Å². The Hall–Kier alpha value is -1.16. The van der Waals surface area contributed by atoms with Gasteiger partial charge in [0.2, 0.25) is 0 Å². The molecule has 0 atom stereocenters. The molecule has 0 heterocycles. The fraction of sp³-hybridized carbons (Fsp3) is 0.333. The zero-order chi connectivity index (χ0) is 14.5. The molecule has 0 spiro atoms. The van der Waals surface area contributed by atoms with Crippen LogP contribution in [0.15, 0.2) is 53.0 Å². The maximum atomic E-state index is 5.80. The smallest absolute Gasteiger partial charge is 0.0721 e. The number of hydrogen-bond acceptors (Lipinski definition) is 2. The van der Waals surface area contributed by atoms with Gasteiger partial charge in [0.05, 0.1) is 13.2 Å². The summed E-state index contributed by atoms with van der Waals surface area (Å²) in [4.78, 5) is 0. The summed E-state index contributed by atoms with van der Waals surface area (Å²) in [5.41, 5.74) is 3.78. The van der Waals surface area contributed by atoms with E-state index in [-0.39, 0.29) is 0 Å². The standard InChI is InChI=1S/C18H20BrNO/c19-17-6-4-14(5-7-17)12-21-13-16-3-1-2-15(10-16)11-20-18-8-9-18/h1-7,10,18,20H,8-9,11-13H2. The molecule has 1 aliphatic rings. The lowest BCUT2D eigenvalue weighted by atomic mass is 10.1. The van der Waals surface area contributed by atoms with Gasteiger partial charge in [-0.1, -0.05) is 52.3 Å². The molecule has 3 heteroatoms. The Balaban J connectivity index is 1.47. The topological polar surface area (TPSA) is 21.3 Å². The van der Waals surface area contributed by atoms with Gasteiger partial charge in [-0.15, -0.1) is 0 Å². The highest BCUT2D eigenvalue weighted by molar-refractivity contribution is 9.10. The third-order valence-corrected chi connectivity index (χ3v) is 4.14. The molecule has 0 aromatic heterocycles.